The first-order chi connectivity index (χ1) is 11.1. The van der Waals surface area contributed by atoms with E-state index in [1.54, 1.807) is 24.3 Å². The second-order valence-corrected chi connectivity index (χ2v) is 6.06. The molecule has 0 radical (unpaired) electrons. The summed E-state index contributed by atoms with van der Waals surface area (Å²) in [6, 6.07) is 7.01. The van der Waals surface area contributed by atoms with Gasteiger partial charge in [0.2, 0.25) is 4.96 Å². The topological polar surface area (TPSA) is 73.6 Å². The van der Waals surface area contributed by atoms with Crippen LogP contribution in [0.5, 0.6) is 5.75 Å². The summed E-state index contributed by atoms with van der Waals surface area (Å²) >= 11 is 1.30. The highest BCUT2D eigenvalue weighted by molar-refractivity contribution is 7.15. The zero-order valence-corrected chi connectivity index (χ0v) is 13.6. The van der Waals surface area contributed by atoms with Crippen LogP contribution in [0.3, 0.4) is 0 Å². The summed E-state index contributed by atoms with van der Waals surface area (Å²) in [5.41, 5.74) is 0.594. The summed E-state index contributed by atoms with van der Waals surface area (Å²) in [7, 11) is 0. The molecule has 0 amide bonds. The summed E-state index contributed by atoms with van der Waals surface area (Å²) < 4.78 is 6.93. The summed E-state index contributed by atoms with van der Waals surface area (Å²) in [4.78, 5) is 28.3. The molecule has 0 N–H and O–H groups in total. The SMILES string of the molecule is CCCc1nc2s/c(=C\c3cccc(OC(C)=O)c3)c(=O)n2n1. The zero-order chi connectivity index (χ0) is 16.4. The van der Waals surface area contributed by atoms with Gasteiger partial charge in [-0.1, -0.05) is 30.4 Å². The van der Waals surface area contributed by atoms with Crippen LogP contribution in [0.15, 0.2) is 29.1 Å². The van der Waals surface area contributed by atoms with Crippen LogP contribution in [0.25, 0.3) is 11.0 Å². The average Bonchev–Trinajstić information content (AvgIpc) is 2.99. The molecule has 0 aliphatic heterocycles. The molecule has 0 atom stereocenters. The number of esters is 1. The second kappa shape index (κ2) is 6.29. The summed E-state index contributed by atoms with van der Waals surface area (Å²) in [5.74, 6) is 0.761. The second-order valence-electron chi connectivity index (χ2n) is 5.05. The Balaban J connectivity index is 2.01. The molecule has 6 nitrogen and oxygen atoms in total. The standard InChI is InChI=1S/C16H15N3O3S/c1-3-5-14-17-16-19(18-14)15(21)13(23-16)9-11-6-4-7-12(8-11)22-10(2)20/h4,6-9H,3,5H2,1-2H3/b13-9-. The summed E-state index contributed by atoms with van der Waals surface area (Å²) in [6.45, 7) is 3.39. The van der Waals surface area contributed by atoms with Crippen LogP contribution in [-0.2, 0) is 11.2 Å². The molecule has 7 heteroatoms. The quantitative estimate of drug-likeness (QED) is 0.537. The van der Waals surface area contributed by atoms with E-state index >= 15 is 0 Å². The molecule has 3 aromatic rings. The minimum Gasteiger partial charge on any atom is -0.427 e. The highest BCUT2D eigenvalue weighted by atomic mass is 32.1. The largest absolute Gasteiger partial charge is 0.427 e. The van der Waals surface area contributed by atoms with Crippen molar-refractivity contribution >= 4 is 28.3 Å². The number of hydrogen-bond donors (Lipinski definition) is 0. The number of rotatable bonds is 4. The Morgan fingerprint density at radius 1 is 1.43 bits per heavy atom. The monoisotopic (exact) mass is 329 g/mol. The van der Waals surface area contributed by atoms with Gasteiger partial charge in [0, 0.05) is 13.3 Å². The van der Waals surface area contributed by atoms with Gasteiger partial charge in [0.1, 0.15) is 5.75 Å². The van der Waals surface area contributed by atoms with Crippen molar-refractivity contribution in [1.82, 2.24) is 14.6 Å². The van der Waals surface area contributed by atoms with Crippen molar-refractivity contribution in [2.45, 2.75) is 26.7 Å². The van der Waals surface area contributed by atoms with Crippen molar-refractivity contribution in [3.63, 3.8) is 0 Å². The Morgan fingerprint density at radius 3 is 2.96 bits per heavy atom. The number of fused-ring (bicyclic) bond motifs is 1. The zero-order valence-electron chi connectivity index (χ0n) is 12.8. The van der Waals surface area contributed by atoms with E-state index in [1.165, 1.54) is 22.8 Å². The van der Waals surface area contributed by atoms with Gasteiger partial charge in [0.25, 0.3) is 5.56 Å². The summed E-state index contributed by atoms with van der Waals surface area (Å²) in [6.07, 6.45) is 3.45. The Hall–Kier alpha value is -2.54. The van der Waals surface area contributed by atoms with Gasteiger partial charge in [-0.15, -0.1) is 5.10 Å². The number of thiazole rings is 1. The van der Waals surface area contributed by atoms with Gasteiger partial charge in [-0.3, -0.25) is 9.59 Å². The lowest BCUT2D eigenvalue weighted by molar-refractivity contribution is -0.131. The molecule has 0 saturated carbocycles. The number of benzene rings is 1. The predicted molar refractivity (Wildman–Crippen MR) is 87.7 cm³/mol. The Bertz CT molecular complexity index is 974. The van der Waals surface area contributed by atoms with E-state index in [0.29, 0.717) is 21.1 Å². The minimum atomic E-state index is -0.381. The van der Waals surface area contributed by atoms with Crippen LogP contribution in [-0.4, -0.2) is 20.6 Å². The molecule has 0 unspecified atom stereocenters. The number of carbonyl (C=O) groups is 1. The van der Waals surface area contributed by atoms with Crippen molar-refractivity contribution in [1.29, 1.82) is 0 Å². The first-order valence-electron chi connectivity index (χ1n) is 7.25. The van der Waals surface area contributed by atoms with E-state index in [4.69, 9.17) is 4.74 Å². The van der Waals surface area contributed by atoms with Crippen molar-refractivity contribution in [2.24, 2.45) is 0 Å². The molecule has 2 heterocycles. The fourth-order valence-corrected chi connectivity index (χ4v) is 3.12. The number of aryl methyl sites for hydroxylation is 1. The maximum atomic E-state index is 12.4. The Morgan fingerprint density at radius 2 is 2.26 bits per heavy atom. The van der Waals surface area contributed by atoms with Gasteiger partial charge in [-0.25, -0.2) is 4.98 Å². The minimum absolute atomic E-state index is 0.183. The lowest BCUT2D eigenvalue weighted by Gasteiger charge is -2.01. The van der Waals surface area contributed by atoms with E-state index < -0.39 is 0 Å². The fraction of sp³-hybridized carbons (Fsp3) is 0.250. The van der Waals surface area contributed by atoms with Crippen LogP contribution in [0, 0.1) is 0 Å². The van der Waals surface area contributed by atoms with Gasteiger partial charge < -0.3 is 4.74 Å². The molecule has 3 rings (SSSR count). The lowest BCUT2D eigenvalue weighted by atomic mass is 10.2. The van der Waals surface area contributed by atoms with E-state index in [-0.39, 0.29) is 11.5 Å². The van der Waals surface area contributed by atoms with Crippen LogP contribution in [0.2, 0.25) is 0 Å². The molecule has 0 aliphatic carbocycles. The molecular weight excluding hydrogens is 314 g/mol. The average molecular weight is 329 g/mol. The molecule has 2 aromatic heterocycles. The first-order valence-corrected chi connectivity index (χ1v) is 8.07. The maximum Gasteiger partial charge on any atom is 0.308 e. The van der Waals surface area contributed by atoms with E-state index in [2.05, 4.69) is 10.1 Å². The van der Waals surface area contributed by atoms with Crippen LogP contribution in [0.4, 0.5) is 0 Å². The van der Waals surface area contributed by atoms with Gasteiger partial charge >= 0.3 is 5.97 Å². The third-order valence-electron chi connectivity index (χ3n) is 3.12. The van der Waals surface area contributed by atoms with E-state index in [9.17, 15) is 9.59 Å². The van der Waals surface area contributed by atoms with Crippen molar-refractivity contribution in [3.8, 4) is 5.75 Å². The molecular formula is C16H15N3O3S. The number of nitrogens with zero attached hydrogens (tertiary/aromatic N) is 3. The molecule has 0 bridgehead atoms. The van der Waals surface area contributed by atoms with Crippen LogP contribution >= 0.6 is 11.3 Å². The maximum absolute atomic E-state index is 12.4. The lowest BCUT2D eigenvalue weighted by Crippen LogP contribution is -2.23. The Kier molecular flexibility index (Phi) is 4.20. The smallest absolute Gasteiger partial charge is 0.308 e. The number of ether oxygens (including phenoxy) is 1. The normalized spacial score (nSPS) is 12.0. The highest BCUT2D eigenvalue weighted by Crippen LogP contribution is 2.14. The molecule has 1 aromatic carbocycles. The molecule has 0 spiro atoms. The van der Waals surface area contributed by atoms with Crippen LogP contribution < -0.4 is 14.8 Å². The van der Waals surface area contributed by atoms with Gasteiger partial charge in [-0.05, 0) is 30.2 Å². The number of hydrogen-bond acceptors (Lipinski definition) is 6. The van der Waals surface area contributed by atoms with Crippen LogP contribution in [0.1, 0.15) is 31.7 Å². The highest BCUT2D eigenvalue weighted by Gasteiger charge is 2.09. The van der Waals surface area contributed by atoms with E-state index in [1.807, 2.05) is 13.0 Å². The van der Waals surface area contributed by atoms with Crippen molar-refractivity contribution in [3.05, 3.63) is 50.5 Å². The number of aromatic nitrogens is 3. The Labute approximate surface area is 136 Å². The van der Waals surface area contributed by atoms with E-state index in [0.717, 1.165) is 18.4 Å². The first kappa shape index (κ1) is 15.4. The molecule has 0 fully saturated rings. The number of carbonyl (C=O) groups excluding carboxylic acids is 1. The van der Waals surface area contributed by atoms with Crippen molar-refractivity contribution < 1.29 is 9.53 Å². The molecule has 118 valence electrons. The predicted octanol–water partition coefficient (Wildman–Crippen LogP) is 1.58. The van der Waals surface area contributed by atoms with Gasteiger partial charge in [0.15, 0.2) is 5.82 Å². The molecule has 23 heavy (non-hydrogen) atoms. The summed E-state index contributed by atoms with van der Waals surface area (Å²) in [5, 5.41) is 4.24. The fourth-order valence-electron chi connectivity index (χ4n) is 2.19. The molecule has 0 saturated heterocycles. The molecule has 0 aliphatic rings. The third kappa shape index (κ3) is 3.29. The third-order valence-corrected chi connectivity index (χ3v) is 4.08. The van der Waals surface area contributed by atoms with Gasteiger partial charge in [-0.2, -0.15) is 4.52 Å². The van der Waals surface area contributed by atoms with Gasteiger partial charge in [0.05, 0.1) is 4.53 Å². The van der Waals surface area contributed by atoms with Crippen molar-refractivity contribution in [2.75, 3.05) is 0 Å².